The van der Waals surface area contributed by atoms with Crippen molar-refractivity contribution in [2.75, 3.05) is 0 Å². The molecule has 1 aromatic heterocycles. The number of hydrogen-bond donors (Lipinski definition) is 2. The number of aromatic nitrogens is 1. The van der Waals surface area contributed by atoms with Gasteiger partial charge in [-0.25, -0.2) is 4.98 Å². The number of para-hydroxylation sites is 2. The second kappa shape index (κ2) is 6.78. The summed E-state index contributed by atoms with van der Waals surface area (Å²) in [5, 5.41) is 2.57. The van der Waals surface area contributed by atoms with E-state index < -0.39 is 17.9 Å². The van der Waals surface area contributed by atoms with Crippen LogP contribution in [-0.2, 0) is 9.59 Å². The Hall–Kier alpha value is -3.41. The molecule has 0 aliphatic carbocycles. The van der Waals surface area contributed by atoms with Gasteiger partial charge in [-0.3, -0.25) is 9.59 Å². The molecule has 3 rings (SSSR count). The fourth-order valence-corrected chi connectivity index (χ4v) is 2.26. The van der Waals surface area contributed by atoms with Crippen LogP contribution in [0.3, 0.4) is 0 Å². The number of carbonyl (C=O) groups excluding carboxylic acids is 2. The highest BCUT2D eigenvalue weighted by molar-refractivity contribution is 5.95. The number of hydrogen-bond acceptors (Lipinski definition) is 4. The van der Waals surface area contributed by atoms with Crippen molar-refractivity contribution in [1.29, 1.82) is 0 Å². The first-order valence-corrected chi connectivity index (χ1v) is 7.32. The molecule has 120 valence electrons. The van der Waals surface area contributed by atoms with E-state index in [0.29, 0.717) is 22.6 Å². The first kappa shape index (κ1) is 15.5. The van der Waals surface area contributed by atoms with Crippen molar-refractivity contribution in [3.8, 4) is 0 Å². The lowest BCUT2D eigenvalue weighted by atomic mass is 10.1. The van der Waals surface area contributed by atoms with Gasteiger partial charge in [0.25, 0.3) is 0 Å². The molecule has 3 N–H and O–H groups in total. The number of oxazole rings is 1. The van der Waals surface area contributed by atoms with E-state index in [2.05, 4.69) is 10.3 Å². The van der Waals surface area contributed by atoms with E-state index in [-0.39, 0.29) is 0 Å². The number of benzene rings is 2. The van der Waals surface area contributed by atoms with Crippen LogP contribution in [0.5, 0.6) is 0 Å². The second-order valence-corrected chi connectivity index (χ2v) is 5.11. The number of nitrogens with one attached hydrogen (secondary N) is 1. The van der Waals surface area contributed by atoms with Crippen LogP contribution in [0.25, 0.3) is 17.2 Å². The summed E-state index contributed by atoms with van der Waals surface area (Å²) in [4.78, 5) is 27.9. The molecule has 0 aliphatic heterocycles. The molecule has 0 fully saturated rings. The summed E-state index contributed by atoms with van der Waals surface area (Å²) >= 11 is 0. The third-order valence-corrected chi connectivity index (χ3v) is 3.39. The Balaban J connectivity index is 1.72. The summed E-state index contributed by atoms with van der Waals surface area (Å²) in [5.41, 5.74) is 7.33. The van der Waals surface area contributed by atoms with Gasteiger partial charge in [0.2, 0.25) is 17.7 Å². The lowest BCUT2D eigenvalue weighted by Gasteiger charge is -2.14. The number of amides is 2. The standard InChI is InChI=1S/C18H15N3O3/c19-18(23)17(12-6-2-1-3-7-12)21-15(22)10-11-16-20-13-8-4-5-9-14(13)24-16/h1-11,17H,(H2,19,23)(H,21,22)/b11-10+. The number of fused-ring (bicyclic) bond motifs is 1. The van der Waals surface area contributed by atoms with Gasteiger partial charge in [-0.1, -0.05) is 42.5 Å². The van der Waals surface area contributed by atoms with E-state index in [9.17, 15) is 9.59 Å². The van der Waals surface area contributed by atoms with Gasteiger partial charge >= 0.3 is 0 Å². The molecule has 0 saturated carbocycles. The number of nitrogens with zero attached hydrogens (tertiary/aromatic N) is 1. The van der Waals surface area contributed by atoms with Crippen LogP contribution in [0.4, 0.5) is 0 Å². The van der Waals surface area contributed by atoms with Crippen molar-refractivity contribution in [3.63, 3.8) is 0 Å². The summed E-state index contributed by atoms with van der Waals surface area (Å²) in [5.74, 6) is -0.795. The molecule has 0 spiro atoms. The maximum absolute atomic E-state index is 12.0. The highest BCUT2D eigenvalue weighted by Gasteiger charge is 2.18. The molecule has 24 heavy (non-hydrogen) atoms. The minimum absolute atomic E-state index is 0.307. The van der Waals surface area contributed by atoms with E-state index in [1.54, 1.807) is 30.3 Å². The zero-order valence-electron chi connectivity index (χ0n) is 12.7. The van der Waals surface area contributed by atoms with Crippen molar-refractivity contribution in [2.24, 2.45) is 5.73 Å². The molecular weight excluding hydrogens is 306 g/mol. The summed E-state index contributed by atoms with van der Waals surface area (Å²) in [6.45, 7) is 0. The highest BCUT2D eigenvalue weighted by atomic mass is 16.3. The quantitative estimate of drug-likeness (QED) is 0.704. The topological polar surface area (TPSA) is 98.2 Å². The first-order chi connectivity index (χ1) is 11.6. The maximum Gasteiger partial charge on any atom is 0.245 e. The average Bonchev–Trinajstić information content (AvgIpc) is 3.01. The van der Waals surface area contributed by atoms with Crippen molar-refractivity contribution in [3.05, 3.63) is 72.1 Å². The van der Waals surface area contributed by atoms with Crippen molar-refractivity contribution in [2.45, 2.75) is 6.04 Å². The minimum Gasteiger partial charge on any atom is -0.437 e. The smallest absolute Gasteiger partial charge is 0.245 e. The Morgan fingerprint density at radius 3 is 2.50 bits per heavy atom. The van der Waals surface area contributed by atoms with E-state index in [1.165, 1.54) is 12.2 Å². The SMILES string of the molecule is NC(=O)C(NC(=O)/C=C/c1nc2ccccc2o1)c1ccccc1. The second-order valence-electron chi connectivity index (χ2n) is 5.11. The van der Waals surface area contributed by atoms with Crippen molar-refractivity contribution in [1.82, 2.24) is 10.3 Å². The molecule has 0 bridgehead atoms. The summed E-state index contributed by atoms with van der Waals surface area (Å²) in [6, 6.07) is 15.2. The number of primary amides is 1. The fraction of sp³-hybridized carbons (Fsp3) is 0.0556. The monoisotopic (exact) mass is 321 g/mol. The highest BCUT2D eigenvalue weighted by Crippen LogP contribution is 2.16. The third-order valence-electron chi connectivity index (χ3n) is 3.39. The largest absolute Gasteiger partial charge is 0.437 e. The zero-order valence-corrected chi connectivity index (χ0v) is 12.7. The van der Waals surface area contributed by atoms with E-state index in [1.807, 2.05) is 24.3 Å². The molecule has 1 heterocycles. The molecule has 6 nitrogen and oxygen atoms in total. The van der Waals surface area contributed by atoms with Crippen LogP contribution in [0.2, 0.25) is 0 Å². The summed E-state index contributed by atoms with van der Waals surface area (Å²) < 4.78 is 5.49. The van der Waals surface area contributed by atoms with Gasteiger partial charge < -0.3 is 15.5 Å². The molecule has 2 aromatic carbocycles. The van der Waals surface area contributed by atoms with Gasteiger partial charge in [0, 0.05) is 12.2 Å². The molecule has 6 heteroatoms. The van der Waals surface area contributed by atoms with Gasteiger partial charge in [-0.15, -0.1) is 0 Å². The van der Waals surface area contributed by atoms with Crippen LogP contribution in [0.1, 0.15) is 17.5 Å². The average molecular weight is 321 g/mol. The molecule has 0 saturated heterocycles. The summed E-state index contributed by atoms with van der Waals surface area (Å²) in [7, 11) is 0. The molecule has 0 aliphatic rings. The summed E-state index contributed by atoms with van der Waals surface area (Å²) in [6.07, 6.45) is 2.70. The normalized spacial score (nSPS) is 12.3. The Morgan fingerprint density at radius 2 is 1.79 bits per heavy atom. The Kier molecular flexibility index (Phi) is 4.38. The fourth-order valence-electron chi connectivity index (χ4n) is 2.26. The van der Waals surface area contributed by atoms with Gasteiger partial charge in [0.1, 0.15) is 11.6 Å². The van der Waals surface area contributed by atoms with E-state index >= 15 is 0 Å². The van der Waals surface area contributed by atoms with Crippen molar-refractivity contribution >= 4 is 29.0 Å². The lowest BCUT2D eigenvalue weighted by Crippen LogP contribution is -2.36. The molecule has 0 radical (unpaired) electrons. The van der Waals surface area contributed by atoms with E-state index in [0.717, 1.165) is 0 Å². The van der Waals surface area contributed by atoms with Crippen LogP contribution < -0.4 is 11.1 Å². The number of carbonyl (C=O) groups is 2. The van der Waals surface area contributed by atoms with E-state index in [4.69, 9.17) is 10.2 Å². The molecule has 1 atom stereocenters. The van der Waals surface area contributed by atoms with Crippen molar-refractivity contribution < 1.29 is 14.0 Å². The lowest BCUT2D eigenvalue weighted by molar-refractivity contribution is -0.125. The minimum atomic E-state index is -0.896. The van der Waals surface area contributed by atoms with Crippen LogP contribution in [-0.4, -0.2) is 16.8 Å². The maximum atomic E-state index is 12.0. The predicted octanol–water partition coefficient (Wildman–Crippen LogP) is 2.18. The Morgan fingerprint density at radius 1 is 1.08 bits per heavy atom. The van der Waals surface area contributed by atoms with Crippen LogP contribution in [0, 0.1) is 0 Å². The first-order valence-electron chi connectivity index (χ1n) is 7.32. The predicted molar refractivity (Wildman–Crippen MR) is 89.6 cm³/mol. The van der Waals surface area contributed by atoms with Gasteiger partial charge in [0.15, 0.2) is 5.58 Å². The van der Waals surface area contributed by atoms with Crippen LogP contribution in [0.15, 0.2) is 65.1 Å². The van der Waals surface area contributed by atoms with Gasteiger partial charge in [-0.05, 0) is 17.7 Å². The Bertz CT molecular complexity index is 867. The molecule has 3 aromatic rings. The molecule has 2 amide bonds. The zero-order chi connectivity index (χ0) is 16.9. The third kappa shape index (κ3) is 3.49. The number of nitrogens with two attached hydrogens (primary N) is 1. The molecule has 1 unspecified atom stereocenters. The molecular formula is C18H15N3O3. The van der Waals surface area contributed by atoms with Gasteiger partial charge in [0.05, 0.1) is 0 Å². The van der Waals surface area contributed by atoms with Gasteiger partial charge in [-0.2, -0.15) is 0 Å². The van der Waals surface area contributed by atoms with Crippen LogP contribution >= 0.6 is 0 Å². The Labute approximate surface area is 138 Å². The number of rotatable bonds is 5.